The van der Waals surface area contributed by atoms with E-state index in [2.05, 4.69) is 10.4 Å². The molecule has 3 rings (SSSR count). The predicted octanol–water partition coefficient (Wildman–Crippen LogP) is 3.18. The molecule has 1 heterocycles. The zero-order chi connectivity index (χ0) is 22.4. The molecule has 0 bridgehead atoms. The summed E-state index contributed by atoms with van der Waals surface area (Å²) >= 11 is 0. The van der Waals surface area contributed by atoms with Crippen molar-refractivity contribution in [2.75, 3.05) is 19.5 Å². The SMILES string of the molecule is CC[C@H](Oc1ccc(=O)n(-c2ccc(F)cc2)n1)C(=O)Nc1cc(OC)cc(OC)c1. The lowest BCUT2D eigenvalue weighted by molar-refractivity contribution is -0.123. The van der Waals surface area contributed by atoms with Crippen molar-refractivity contribution < 1.29 is 23.4 Å². The standard InChI is InChI=1S/C22H22FN3O5/c1-4-19(22(28)24-15-11-17(29-2)13-18(12-15)30-3)31-20-9-10-21(27)26(25-20)16-7-5-14(23)6-8-16/h5-13,19H,4H2,1-3H3,(H,24,28)/t19-/m0/s1. The van der Waals surface area contributed by atoms with Gasteiger partial charge in [-0.3, -0.25) is 9.59 Å². The van der Waals surface area contributed by atoms with Gasteiger partial charge in [0.05, 0.1) is 19.9 Å². The number of nitrogens with one attached hydrogen (secondary N) is 1. The zero-order valence-corrected chi connectivity index (χ0v) is 17.3. The van der Waals surface area contributed by atoms with Gasteiger partial charge in [0.25, 0.3) is 11.5 Å². The summed E-state index contributed by atoms with van der Waals surface area (Å²) < 4.78 is 30.4. The number of hydrogen-bond donors (Lipinski definition) is 1. The van der Waals surface area contributed by atoms with Crippen molar-refractivity contribution in [3.8, 4) is 23.1 Å². The number of carbonyl (C=O) groups excluding carboxylic acids is 1. The van der Waals surface area contributed by atoms with Crippen LogP contribution in [0.1, 0.15) is 13.3 Å². The number of aromatic nitrogens is 2. The van der Waals surface area contributed by atoms with Crippen LogP contribution < -0.4 is 25.1 Å². The van der Waals surface area contributed by atoms with Gasteiger partial charge in [0, 0.05) is 36.0 Å². The van der Waals surface area contributed by atoms with Gasteiger partial charge in [0.1, 0.15) is 17.3 Å². The first-order valence-electron chi connectivity index (χ1n) is 9.50. The highest BCUT2D eigenvalue weighted by atomic mass is 19.1. The van der Waals surface area contributed by atoms with E-state index >= 15 is 0 Å². The van der Waals surface area contributed by atoms with Gasteiger partial charge < -0.3 is 19.5 Å². The summed E-state index contributed by atoms with van der Waals surface area (Å²) in [6.45, 7) is 1.78. The second-order valence-corrected chi connectivity index (χ2v) is 6.50. The van der Waals surface area contributed by atoms with Crippen molar-refractivity contribution >= 4 is 11.6 Å². The Morgan fingerprint density at radius 1 is 1.06 bits per heavy atom. The quantitative estimate of drug-likeness (QED) is 0.594. The van der Waals surface area contributed by atoms with Crippen molar-refractivity contribution in [3.05, 3.63) is 70.8 Å². The highest BCUT2D eigenvalue weighted by Gasteiger charge is 2.20. The molecule has 3 aromatic rings. The maximum atomic E-state index is 13.2. The summed E-state index contributed by atoms with van der Waals surface area (Å²) in [5, 5.41) is 6.91. The molecule has 31 heavy (non-hydrogen) atoms. The molecule has 1 aromatic heterocycles. The number of nitrogens with zero attached hydrogens (tertiary/aromatic N) is 2. The molecule has 0 saturated carbocycles. The number of benzene rings is 2. The summed E-state index contributed by atoms with van der Waals surface area (Å²) in [5.41, 5.74) is 0.435. The van der Waals surface area contributed by atoms with E-state index in [9.17, 15) is 14.0 Å². The largest absolute Gasteiger partial charge is 0.497 e. The number of halogens is 1. The van der Waals surface area contributed by atoms with Crippen LogP contribution in [0.3, 0.4) is 0 Å². The van der Waals surface area contributed by atoms with Crippen molar-refractivity contribution in [2.45, 2.75) is 19.4 Å². The lowest BCUT2D eigenvalue weighted by atomic mass is 10.2. The number of hydrogen-bond acceptors (Lipinski definition) is 6. The Balaban J connectivity index is 1.79. The van der Waals surface area contributed by atoms with Gasteiger partial charge in [-0.15, -0.1) is 5.10 Å². The first-order valence-corrected chi connectivity index (χ1v) is 9.50. The third-order valence-electron chi connectivity index (χ3n) is 4.39. The molecule has 162 valence electrons. The van der Waals surface area contributed by atoms with Gasteiger partial charge in [0.2, 0.25) is 5.88 Å². The lowest BCUT2D eigenvalue weighted by Crippen LogP contribution is -2.33. The van der Waals surface area contributed by atoms with Gasteiger partial charge in [0.15, 0.2) is 6.10 Å². The number of anilines is 1. The Labute approximate surface area is 178 Å². The number of methoxy groups -OCH3 is 2. The summed E-state index contributed by atoms with van der Waals surface area (Å²) in [7, 11) is 3.03. The summed E-state index contributed by atoms with van der Waals surface area (Å²) in [5.74, 6) is 0.294. The van der Waals surface area contributed by atoms with Gasteiger partial charge in [-0.2, -0.15) is 4.68 Å². The van der Waals surface area contributed by atoms with Crippen LogP contribution >= 0.6 is 0 Å². The molecular formula is C22H22FN3O5. The number of carbonyl (C=O) groups is 1. The van der Waals surface area contributed by atoms with E-state index in [-0.39, 0.29) is 5.88 Å². The van der Waals surface area contributed by atoms with Crippen LogP contribution in [-0.4, -0.2) is 36.0 Å². The fourth-order valence-electron chi connectivity index (χ4n) is 2.79. The molecule has 0 spiro atoms. The molecule has 0 radical (unpaired) electrons. The fourth-order valence-corrected chi connectivity index (χ4v) is 2.79. The summed E-state index contributed by atoms with van der Waals surface area (Å²) in [6, 6.07) is 12.9. The number of ether oxygens (including phenoxy) is 3. The van der Waals surface area contributed by atoms with E-state index in [0.29, 0.717) is 29.3 Å². The Kier molecular flexibility index (Phi) is 6.86. The van der Waals surface area contributed by atoms with E-state index in [1.54, 1.807) is 25.1 Å². The van der Waals surface area contributed by atoms with Crippen LogP contribution in [0.25, 0.3) is 5.69 Å². The molecule has 0 unspecified atom stereocenters. The zero-order valence-electron chi connectivity index (χ0n) is 17.3. The number of rotatable bonds is 8. The Bertz CT molecular complexity index is 1090. The highest BCUT2D eigenvalue weighted by molar-refractivity contribution is 5.94. The molecule has 1 amide bonds. The first kappa shape index (κ1) is 21.8. The van der Waals surface area contributed by atoms with Gasteiger partial charge >= 0.3 is 0 Å². The minimum Gasteiger partial charge on any atom is -0.497 e. The molecule has 0 aliphatic rings. The van der Waals surface area contributed by atoms with Crippen LogP contribution in [0, 0.1) is 5.82 Å². The average molecular weight is 427 g/mol. The first-order chi connectivity index (χ1) is 14.9. The molecule has 1 atom stereocenters. The Morgan fingerprint density at radius 2 is 1.71 bits per heavy atom. The minimum absolute atomic E-state index is 0.0779. The molecule has 1 N–H and O–H groups in total. The maximum Gasteiger partial charge on any atom is 0.271 e. The third-order valence-corrected chi connectivity index (χ3v) is 4.39. The Hall–Kier alpha value is -3.88. The van der Waals surface area contributed by atoms with Crippen LogP contribution in [0.5, 0.6) is 17.4 Å². The predicted molar refractivity (Wildman–Crippen MR) is 113 cm³/mol. The molecule has 0 fully saturated rings. The van der Waals surface area contributed by atoms with E-state index < -0.39 is 23.4 Å². The normalized spacial score (nSPS) is 11.5. The van der Waals surface area contributed by atoms with Crippen LogP contribution in [-0.2, 0) is 4.79 Å². The highest BCUT2D eigenvalue weighted by Crippen LogP contribution is 2.26. The van der Waals surface area contributed by atoms with Crippen molar-refractivity contribution in [1.82, 2.24) is 9.78 Å². The topological polar surface area (TPSA) is 91.7 Å². The van der Waals surface area contributed by atoms with E-state index in [1.165, 1.54) is 50.6 Å². The molecule has 8 nitrogen and oxygen atoms in total. The van der Waals surface area contributed by atoms with E-state index in [0.717, 1.165) is 4.68 Å². The van der Waals surface area contributed by atoms with Crippen LogP contribution in [0.15, 0.2) is 59.4 Å². The van der Waals surface area contributed by atoms with E-state index in [1.807, 2.05) is 0 Å². The molecule has 2 aromatic carbocycles. The average Bonchev–Trinajstić information content (AvgIpc) is 2.78. The smallest absolute Gasteiger partial charge is 0.271 e. The monoisotopic (exact) mass is 427 g/mol. The third kappa shape index (κ3) is 5.39. The Morgan fingerprint density at radius 3 is 2.29 bits per heavy atom. The summed E-state index contributed by atoms with van der Waals surface area (Å²) in [4.78, 5) is 24.9. The second kappa shape index (κ2) is 9.75. The van der Waals surface area contributed by atoms with Crippen molar-refractivity contribution in [3.63, 3.8) is 0 Å². The maximum absolute atomic E-state index is 13.2. The van der Waals surface area contributed by atoms with E-state index in [4.69, 9.17) is 14.2 Å². The number of amides is 1. The molecule has 0 saturated heterocycles. The molecular weight excluding hydrogens is 405 g/mol. The van der Waals surface area contributed by atoms with Gasteiger partial charge in [-0.25, -0.2) is 4.39 Å². The summed E-state index contributed by atoms with van der Waals surface area (Å²) in [6.07, 6.45) is -0.520. The fraction of sp³-hybridized carbons (Fsp3) is 0.227. The lowest BCUT2D eigenvalue weighted by Gasteiger charge is -2.18. The second-order valence-electron chi connectivity index (χ2n) is 6.50. The molecule has 0 aliphatic heterocycles. The molecule has 9 heteroatoms. The van der Waals surface area contributed by atoms with Gasteiger partial charge in [-0.05, 0) is 30.7 Å². The minimum atomic E-state index is -0.871. The van der Waals surface area contributed by atoms with Crippen LogP contribution in [0.4, 0.5) is 10.1 Å². The molecule has 0 aliphatic carbocycles. The van der Waals surface area contributed by atoms with Gasteiger partial charge in [-0.1, -0.05) is 6.92 Å². The van der Waals surface area contributed by atoms with Crippen LogP contribution in [0.2, 0.25) is 0 Å². The van der Waals surface area contributed by atoms with Crippen molar-refractivity contribution in [1.29, 1.82) is 0 Å². The van der Waals surface area contributed by atoms with Crippen molar-refractivity contribution in [2.24, 2.45) is 0 Å².